The van der Waals surface area contributed by atoms with Crippen molar-refractivity contribution in [2.75, 3.05) is 39.3 Å². The molecule has 0 bridgehead atoms. The molecule has 0 unspecified atom stereocenters. The Hall–Kier alpha value is -2.86. The Morgan fingerprint density at radius 3 is 2.24 bits per heavy atom. The fourth-order valence-corrected chi connectivity index (χ4v) is 4.51. The summed E-state index contributed by atoms with van der Waals surface area (Å²) in [6.07, 6.45) is 0. The van der Waals surface area contributed by atoms with E-state index in [1.165, 1.54) is 11.1 Å². The van der Waals surface area contributed by atoms with E-state index in [0.717, 1.165) is 67.9 Å². The van der Waals surface area contributed by atoms with Crippen molar-refractivity contribution in [1.82, 2.24) is 19.4 Å². The van der Waals surface area contributed by atoms with Crippen molar-refractivity contribution in [3.8, 4) is 5.75 Å². The lowest BCUT2D eigenvalue weighted by Gasteiger charge is -2.34. The van der Waals surface area contributed by atoms with Gasteiger partial charge in [-0.05, 0) is 42.0 Å². The number of hydrogen-bond donors (Lipinski definition) is 0. The fraction of sp³-hybridized carbons (Fsp3) is 0.296. The molecule has 6 heteroatoms. The van der Waals surface area contributed by atoms with Crippen LogP contribution in [0.1, 0.15) is 11.4 Å². The molecule has 0 atom stereocenters. The van der Waals surface area contributed by atoms with Crippen LogP contribution in [0.5, 0.6) is 5.75 Å². The third kappa shape index (κ3) is 5.56. The number of aromatic nitrogens is 2. The van der Waals surface area contributed by atoms with Gasteiger partial charge in [-0.25, -0.2) is 4.98 Å². The van der Waals surface area contributed by atoms with Gasteiger partial charge in [0.2, 0.25) is 0 Å². The first kappa shape index (κ1) is 22.0. The summed E-state index contributed by atoms with van der Waals surface area (Å²) in [5.74, 6) is 2.01. The van der Waals surface area contributed by atoms with Gasteiger partial charge in [0, 0.05) is 44.3 Å². The zero-order valence-electron chi connectivity index (χ0n) is 18.7. The summed E-state index contributed by atoms with van der Waals surface area (Å²) in [6.45, 7) is 7.50. The molecule has 0 radical (unpaired) electrons. The zero-order valence-corrected chi connectivity index (χ0v) is 19.5. The van der Waals surface area contributed by atoms with Crippen LogP contribution in [0.15, 0.2) is 78.9 Å². The molecule has 0 aliphatic carbocycles. The number of imidazole rings is 1. The summed E-state index contributed by atoms with van der Waals surface area (Å²) in [5, 5.41) is 0.732. The average molecular weight is 461 g/mol. The monoisotopic (exact) mass is 460 g/mol. The van der Waals surface area contributed by atoms with E-state index in [-0.39, 0.29) is 0 Å². The summed E-state index contributed by atoms with van der Waals surface area (Å²) >= 11 is 5.94. The molecule has 3 aromatic carbocycles. The maximum Gasteiger partial charge on any atom is 0.124 e. The SMILES string of the molecule is Clc1ccc(OCCN2CCN(Cc3nc4ccccc4n3Cc3ccccc3)CC2)cc1. The third-order valence-corrected chi connectivity index (χ3v) is 6.49. The van der Waals surface area contributed by atoms with Gasteiger partial charge in [-0.3, -0.25) is 9.80 Å². The molecule has 0 spiro atoms. The van der Waals surface area contributed by atoms with E-state index in [4.69, 9.17) is 21.3 Å². The van der Waals surface area contributed by atoms with Crippen molar-refractivity contribution in [3.63, 3.8) is 0 Å². The number of nitrogens with zero attached hydrogens (tertiary/aromatic N) is 4. The summed E-state index contributed by atoms with van der Waals surface area (Å²) < 4.78 is 8.24. The van der Waals surface area contributed by atoms with Crippen LogP contribution in [0.4, 0.5) is 0 Å². The number of ether oxygens (including phenoxy) is 1. The number of rotatable bonds is 8. The first-order valence-corrected chi connectivity index (χ1v) is 11.9. The molecule has 1 aromatic heterocycles. The molecular weight excluding hydrogens is 432 g/mol. The van der Waals surface area contributed by atoms with Crippen LogP contribution in [0, 0.1) is 0 Å². The van der Waals surface area contributed by atoms with Gasteiger partial charge >= 0.3 is 0 Å². The van der Waals surface area contributed by atoms with Crippen LogP contribution < -0.4 is 4.74 Å². The highest BCUT2D eigenvalue weighted by molar-refractivity contribution is 6.30. The van der Waals surface area contributed by atoms with Crippen molar-refractivity contribution >= 4 is 22.6 Å². The summed E-state index contributed by atoms with van der Waals surface area (Å²) in [4.78, 5) is 9.97. The van der Waals surface area contributed by atoms with Gasteiger partial charge in [0.1, 0.15) is 18.2 Å². The van der Waals surface area contributed by atoms with Crippen LogP contribution >= 0.6 is 11.6 Å². The van der Waals surface area contributed by atoms with Gasteiger partial charge < -0.3 is 9.30 Å². The van der Waals surface area contributed by atoms with Gasteiger partial charge in [0.25, 0.3) is 0 Å². The predicted molar refractivity (Wildman–Crippen MR) is 134 cm³/mol. The number of halogens is 1. The van der Waals surface area contributed by atoms with Gasteiger partial charge in [-0.1, -0.05) is 54.1 Å². The quantitative estimate of drug-likeness (QED) is 0.373. The number of fused-ring (bicyclic) bond motifs is 1. The van der Waals surface area contributed by atoms with E-state index in [2.05, 4.69) is 69.0 Å². The van der Waals surface area contributed by atoms with Crippen LogP contribution in [0.25, 0.3) is 11.0 Å². The normalized spacial score (nSPS) is 15.2. The van der Waals surface area contributed by atoms with E-state index in [1.54, 1.807) is 0 Å². The number of hydrogen-bond acceptors (Lipinski definition) is 4. The number of para-hydroxylation sites is 2. The molecule has 1 saturated heterocycles. The average Bonchev–Trinajstić information content (AvgIpc) is 3.19. The summed E-state index contributed by atoms with van der Waals surface area (Å²) in [7, 11) is 0. The highest BCUT2D eigenvalue weighted by Gasteiger charge is 2.20. The van der Waals surface area contributed by atoms with E-state index >= 15 is 0 Å². The molecule has 33 heavy (non-hydrogen) atoms. The lowest BCUT2D eigenvalue weighted by Crippen LogP contribution is -2.47. The molecule has 2 heterocycles. The summed E-state index contributed by atoms with van der Waals surface area (Å²) in [6, 6.07) is 26.6. The fourth-order valence-electron chi connectivity index (χ4n) is 4.38. The van der Waals surface area contributed by atoms with E-state index in [9.17, 15) is 0 Å². The molecular formula is C27H29ClN4O. The Morgan fingerprint density at radius 1 is 0.758 bits per heavy atom. The molecule has 0 N–H and O–H groups in total. The molecule has 1 fully saturated rings. The minimum atomic E-state index is 0.689. The maximum absolute atomic E-state index is 5.94. The Balaban J connectivity index is 1.18. The molecule has 5 rings (SSSR count). The van der Waals surface area contributed by atoms with Crippen molar-refractivity contribution in [2.24, 2.45) is 0 Å². The Kier molecular flexibility index (Phi) is 6.91. The molecule has 5 nitrogen and oxygen atoms in total. The molecule has 1 aliphatic rings. The molecule has 0 amide bonds. The van der Waals surface area contributed by atoms with Gasteiger partial charge in [-0.2, -0.15) is 0 Å². The van der Waals surface area contributed by atoms with Crippen molar-refractivity contribution < 1.29 is 4.74 Å². The molecule has 0 saturated carbocycles. The topological polar surface area (TPSA) is 33.5 Å². The zero-order chi connectivity index (χ0) is 22.5. The molecule has 1 aliphatic heterocycles. The lowest BCUT2D eigenvalue weighted by molar-refractivity contribution is 0.110. The Morgan fingerprint density at radius 2 is 1.45 bits per heavy atom. The van der Waals surface area contributed by atoms with E-state index in [0.29, 0.717) is 6.61 Å². The van der Waals surface area contributed by atoms with Crippen LogP contribution in [0.2, 0.25) is 5.02 Å². The third-order valence-electron chi connectivity index (χ3n) is 6.24. The van der Waals surface area contributed by atoms with Crippen LogP contribution in [-0.2, 0) is 13.1 Å². The smallest absolute Gasteiger partial charge is 0.124 e. The second kappa shape index (κ2) is 10.4. The van der Waals surface area contributed by atoms with Crippen molar-refractivity contribution in [3.05, 3.63) is 95.3 Å². The molecule has 170 valence electrons. The number of piperazine rings is 1. The predicted octanol–water partition coefficient (Wildman–Crippen LogP) is 4.93. The Bertz CT molecular complexity index is 1170. The van der Waals surface area contributed by atoms with Crippen LogP contribution in [0.3, 0.4) is 0 Å². The van der Waals surface area contributed by atoms with Crippen molar-refractivity contribution in [1.29, 1.82) is 0 Å². The number of benzene rings is 3. The van der Waals surface area contributed by atoms with Crippen LogP contribution in [-0.4, -0.2) is 58.7 Å². The van der Waals surface area contributed by atoms with Gasteiger partial charge in [-0.15, -0.1) is 0 Å². The summed E-state index contributed by atoms with van der Waals surface area (Å²) in [5.41, 5.74) is 3.57. The maximum atomic E-state index is 5.94. The minimum absolute atomic E-state index is 0.689. The Labute approximate surface area is 200 Å². The lowest BCUT2D eigenvalue weighted by atomic mass is 10.2. The van der Waals surface area contributed by atoms with E-state index in [1.807, 2.05) is 24.3 Å². The molecule has 4 aromatic rings. The highest BCUT2D eigenvalue weighted by atomic mass is 35.5. The minimum Gasteiger partial charge on any atom is -0.492 e. The largest absolute Gasteiger partial charge is 0.492 e. The van der Waals surface area contributed by atoms with Gasteiger partial charge in [0.05, 0.1) is 17.6 Å². The first-order chi connectivity index (χ1) is 16.2. The second-order valence-electron chi connectivity index (χ2n) is 8.51. The second-order valence-corrected chi connectivity index (χ2v) is 8.95. The van der Waals surface area contributed by atoms with E-state index < -0.39 is 0 Å². The first-order valence-electron chi connectivity index (χ1n) is 11.6. The van der Waals surface area contributed by atoms with Crippen molar-refractivity contribution in [2.45, 2.75) is 13.1 Å². The van der Waals surface area contributed by atoms with Gasteiger partial charge in [0.15, 0.2) is 0 Å². The highest BCUT2D eigenvalue weighted by Crippen LogP contribution is 2.20. The standard InChI is InChI=1S/C27H29ClN4O/c28-23-10-12-24(13-11-23)33-19-18-30-14-16-31(17-15-30)21-27-29-25-8-4-5-9-26(25)32(27)20-22-6-2-1-3-7-22/h1-13H,14-21H2.